The smallest absolute Gasteiger partial charge is 0.340 e. The predicted molar refractivity (Wildman–Crippen MR) is 87.2 cm³/mol. The molecule has 0 aromatic heterocycles. The summed E-state index contributed by atoms with van der Waals surface area (Å²) in [5.74, 6) is -1.71. The first kappa shape index (κ1) is 16.5. The number of halogens is 2. The summed E-state index contributed by atoms with van der Waals surface area (Å²) in [7, 11) is 0. The van der Waals surface area contributed by atoms with Gasteiger partial charge in [0.25, 0.3) is 5.91 Å². The second-order valence-corrected chi connectivity index (χ2v) is 6.01. The lowest BCUT2D eigenvalue weighted by Gasteiger charge is -2.18. The number of benzene rings is 2. The molecule has 24 heavy (non-hydrogen) atoms. The van der Waals surface area contributed by atoms with Gasteiger partial charge in [0.15, 0.2) is 0 Å². The van der Waals surface area contributed by atoms with E-state index in [-0.39, 0.29) is 22.5 Å². The zero-order chi connectivity index (χ0) is 17.1. The number of esters is 1. The number of rotatable bonds is 5. The van der Waals surface area contributed by atoms with E-state index in [0.717, 1.165) is 25.0 Å². The standard InChI is InChI=1S/C18H15ClFNO3/c19-15-10-12(20)6-9-14(15)18(23)24-16(11-4-2-1-3-5-11)17(22)21-13-7-8-13/h1-6,9-10,13,16H,7-8H2,(H,21,22)/t16-/m1/s1. The highest BCUT2D eigenvalue weighted by molar-refractivity contribution is 6.33. The number of carbonyl (C=O) groups excluding carboxylic acids is 2. The summed E-state index contributed by atoms with van der Waals surface area (Å²) in [6, 6.07) is 12.2. The fourth-order valence-electron chi connectivity index (χ4n) is 2.23. The Labute approximate surface area is 143 Å². The molecule has 2 aromatic rings. The van der Waals surface area contributed by atoms with Gasteiger partial charge in [-0.05, 0) is 31.0 Å². The first-order valence-electron chi connectivity index (χ1n) is 7.56. The van der Waals surface area contributed by atoms with E-state index >= 15 is 0 Å². The molecule has 4 nitrogen and oxygen atoms in total. The van der Waals surface area contributed by atoms with Crippen LogP contribution in [0.1, 0.15) is 34.9 Å². The van der Waals surface area contributed by atoms with E-state index in [4.69, 9.17) is 16.3 Å². The van der Waals surface area contributed by atoms with E-state index in [1.54, 1.807) is 30.3 Å². The Morgan fingerprint density at radius 3 is 2.50 bits per heavy atom. The minimum absolute atomic E-state index is 0.0122. The summed E-state index contributed by atoms with van der Waals surface area (Å²) in [5.41, 5.74) is 0.570. The maximum atomic E-state index is 13.1. The third kappa shape index (κ3) is 3.92. The van der Waals surface area contributed by atoms with Gasteiger partial charge >= 0.3 is 5.97 Å². The van der Waals surface area contributed by atoms with Crippen LogP contribution in [-0.4, -0.2) is 17.9 Å². The van der Waals surface area contributed by atoms with E-state index in [2.05, 4.69) is 5.32 Å². The van der Waals surface area contributed by atoms with Crippen molar-refractivity contribution < 1.29 is 18.7 Å². The van der Waals surface area contributed by atoms with Gasteiger partial charge in [0.2, 0.25) is 6.10 Å². The number of nitrogens with one attached hydrogen (secondary N) is 1. The molecule has 0 heterocycles. The van der Waals surface area contributed by atoms with Gasteiger partial charge in [-0.25, -0.2) is 9.18 Å². The molecule has 1 atom stereocenters. The highest BCUT2D eigenvalue weighted by Gasteiger charge is 2.31. The van der Waals surface area contributed by atoms with Crippen LogP contribution in [0, 0.1) is 5.82 Å². The van der Waals surface area contributed by atoms with Gasteiger partial charge in [0.1, 0.15) is 5.82 Å². The normalized spacial score (nSPS) is 14.8. The molecule has 6 heteroatoms. The molecule has 1 aliphatic rings. The average molecular weight is 348 g/mol. The van der Waals surface area contributed by atoms with Crippen molar-refractivity contribution in [2.24, 2.45) is 0 Å². The lowest BCUT2D eigenvalue weighted by molar-refractivity contribution is -0.130. The Hall–Kier alpha value is -2.40. The topological polar surface area (TPSA) is 55.4 Å². The van der Waals surface area contributed by atoms with Crippen LogP contribution in [0.2, 0.25) is 5.02 Å². The molecule has 0 spiro atoms. The zero-order valence-corrected chi connectivity index (χ0v) is 13.4. The molecule has 1 N–H and O–H groups in total. The molecule has 0 unspecified atom stereocenters. The van der Waals surface area contributed by atoms with Crippen molar-refractivity contribution in [2.45, 2.75) is 25.0 Å². The minimum atomic E-state index is -1.08. The van der Waals surface area contributed by atoms with E-state index < -0.39 is 17.9 Å². The van der Waals surface area contributed by atoms with Crippen molar-refractivity contribution in [2.75, 3.05) is 0 Å². The SMILES string of the molecule is O=C(O[C@@H](C(=O)NC1CC1)c1ccccc1)c1ccc(F)cc1Cl. The number of carbonyl (C=O) groups is 2. The summed E-state index contributed by atoms with van der Waals surface area (Å²) >= 11 is 5.89. The first-order valence-corrected chi connectivity index (χ1v) is 7.94. The molecule has 0 bridgehead atoms. The molecule has 1 aliphatic carbocycles. The van der Waals surface area contributed by atoms with Crippen molar-refractivity contribution in [1.82, 2.24) is 5.32 Å². The van der Waals surface area contributed by atoms with Gasteiger partial charge in [0, 0.05) is 11.6 Å². The Balaban J connectivity index is 1.82. The highest BCUT2D eigenvalue weighted by Crippen LogP contribution is 2.25. The monoisotopic (exact) mass is 347 g/mol. The summed E-state index contributed by atoms with van der Waals surface area (Å²) in [6.45, 7) is 0. The largest absolute Gasteiger partial charge is 0.444 e. The van der Waals surface area contributed by atoms with E-state index in [9.17, 15) is 14.0 Å². The fourth-order valence-corrected chi connectivity index (χ4v) is 2.48. The molecular weight excluding hydrogens is 333 g/mol. The number of hydrogen-bond donors (Lipinski definition) is 1. The van der Waals surface area contributed by atoms with Gasteiger partial charge in [-0.2, -0.15) is 0 Å². The summed E-state index contributed by atoms with van der Waals surface area (Å²) < 4.78 is 18.5. The van der Waals surface area contributed by atoms with Gasteiger partial charge < -0.3 is 10.1 Å². The number of hydrogen-bond acceptors (Lipinski definition) is 3. The van der Waals surface area contributed by atoms with Crippen LogP contribution in [0.3, 0.4) is 0 Å². The third-order valence-corrected chi connectivity index (χ3v) is 3.95. The summed E-state index contributed by atoms with van der Waals surface area (Å²) in [5, 5.41) is 2.76. The molecule has 1 saturated carbocycles. The lowest BCUT2D eigenvalue weighted by Crippen LogP contribution is -2.33. The minimum Gasteiger partial charge on any atom is -0.444 e. The van der Waals surface area contributed by atoms with E-state index in [0.29, 0.717) is 5.56 Å². The van der Waals surface area contributed by atoms with Crippen molar-refractivity contribution in [3.63, 3.8) is 0 Å². The fraction of sp³-hybridized carbons (Fsp3) is 0.222. The maximum absolute atomic E-state index is 13.1. The predicted octanol–water partition coefficient (Wildman–Crippen LogP) is 3.66. The number of ether oxygens (including phenoxy) is 1. The van der Waals surface area contributed by atoms with Crippen molar-refractivity contribution in [3.8, 4) is 0 Å². The van der Waals surface area contributed by atoms with Crippen LogP contribution < -0.4 is 5.32 Å². The van der Waals surface area contributed by atoms with Crippen LogP contribution in [0.5, 0.6) is 0 Å². The van der Waals surface area contributed by atoms with Gasteiger partial charge in [-0.15, -0.1) is 0 Å². The Bertz CT molecular complexity index is 762. The molecule has 3 rings (SSSR count). The first-order chi connectivity index (χ1) is 11.5. The van der Waals surface area contributed by atoms with Crippen LogP contribution in [0.15, 0.2) is 48.5 Å². The van der Waals surface area contributed by atoms with Crippen molar-refractivity contribution in [1.29, 1.82) is 0 Å². The molecule has 2 aromatic carbocycles. The van der Waals surface area contributed by atoms with Crippen molar-refractivity contribution in [3.05, 3.63) is 70.5 Å². The molecule has 0 radical (unpaired) electrons. The Morgan fingerprint density at radius 1 is 1.17 bits per heavy atom. The summed E-state index contributed by atoms with van der Waals surface area (Å²) in [6.07, 6.45) is 0.760. The second-order valence-electron chi connectivity index (χ2n) is 5.60. The molecular formula is C18H15ClFNO3. The molecule has 124 valence electrons. The van der Waals surface area contributed by atoms with E-state index in [1.807, 2.05) is 0 Å². The number of amides is 1. The zero-order valence-electron chi connectivity index (χ0n) is 12.7. The van der Waals surface area contributed by atoms with Gasteiger partial charge in [-0.3, -0.25) is 4.79 Å². The quantitative estimate of drug-likeness (QED) is 0.840. The lowest BCUT2D eigenvalue weighted by atomic mass is 10.1. The van der Waals surface area contributed by atoms with Crippen molar-refractivity contribution >= 4 is 23.5 Å². The summed E-state index contributed by atoms with van der Waals surface area (Å²) in [4.78, 5) is 24.8. The van der Waals surface area contributed by atoms with Crippen LogP contribution >= 0.6 is 11.6 Å². The van der Waals surface area contributed by atoms with E-state index in [1.165, 1.54) is 6.07 Å². The molecule has 0 saturated heterocycles. The van der Waals surface area contributed by atoms with Crippen LogP contribution in [0.25, 0.3) is 0 Å². The Morgan fingerprint density at radius 2 is 1.88 bits per heavy atom. The molecule has 1 fully saturated rings. The second kappa shape index (κ2) is 7.01. The molecule has 1 amide bonds. The van der Waals surface area contributed by atoms with Crippen LogP contribution in [0.4, 0.5) is 4.39 Å². The third-order valence-electron chi connectivity index (χ3n) is 3.64. The average Bonchev–Trinajstić information content (AvgIpc) is 3.37. The highest BCUT2D eigenvalue weighted by atomic mass is 35.5. The maximum Gasteiger partial charge on any atom is 0.340 e. The Kier molecular flexibility index (Phi) is 4.81. The van der Waals surface area contributed by atoms with Crippen LogP contribution in [-0.2, 0) is 9.53 Å². The van der Waals surface area contributed by atoms with Gasteiger partial charge in [0.05, 0.1) is 10.6 Å². The van der Waals surface area contributed by atoms with Gasteiger partial charge in [-0.1, -0.05) is 41.9 Å². The molecule has 0 aliphatic heterocycles.